The molecule has 0 heterocycles. The number of hydrogen-bond acceptors (Lipinski definition) is 4. The molecule has 30 heavy (non-hydrogen) atoms. The number of rotatable bonds is 15. The van der Waals surface area contributed by atoms with Crippen LogP contribution in [-0.4, -0.2) is 43.5 Å². The Morgan fingerprint density at radius 2 is 1.77 bits per heavy atom. The highest BCUT2D eigenvalue weighted by Gasteiger charge is 2.12. The van der Waals surface area contributed by atoms with Crippen LogP contribution in [0.25, 0.3) is 0 Å². The molecule has 1 N–H and O–H groups in total. The van der Waals surface area contributed by atoms with Crippen molar-refractivity contribution in [3.63, 3.8) is 0 Å². The Labute approximate surface area is 182 Å². The summed E-state index contributed by atoms with van der Waals surface area (Å²) in [5.41, 5.74) is 0.949. The van der Waals surface area contributed by atoms with Crippen molar-refractivity contribution in [2.45, 2.75) is 72.8 Å². The van der Waals surface area contributed by atoms with Gasteiger partial charge in [0, 0.05) is 32.5 Å². The maximum Gasteiger partial charge on any atom is 0.222 e. The van der Waals surface area contributed by atoms with Gasteiger partial charge in [-0.25, -0.2) is 0 Å². The SMILES string of the molecule is CCCN(CCC)C(=O)CCCC(=O)NCc1ccc(OCCC(C)C)c(OC)c1. The van der Waals surface area contributed by atoms with Crippen molar-refractivity contribution >= 4 is 11.8 Å². The van der Waals surface area contributed by atoms with Gasteiger partial charge < -0.3 is 19.7 Å². The summed E-state index contributed by atoms with van der Waals surface area (Å²) in [5, 5.41) is 2.92. The molecule has 0 radical (unpaired) electrons. The number of carbonyl (C=O) groups is 2. The third kappa shape index (κ3) is 9.99. The topological polar surface area (TPSA) is 67.9 Å². The molecule has 6 heteroatoms. The lowest BCUT2D eigenvalue weighted by molar-refractivity contribution is -0.131. The zero-order valence-corrected chi connectivity index (χ0v) is 19.5. The predicted molar refractivity (Wildman–Crippen MR) is 121 cm³/mol. The fourth-order valence-corrected chi connectivity index (χ4v) is 3.09. The van der Waals surface area contributed by atoms with Crippen molar-refractivity contribution in [1.29, 1.82) is 0 Å². The minimum atomic E-state index is -0.0449. The molecule has 0 aromatic heterocycles. The standard InChI is InChI=1S/C24H40N2O4/c1-6-14-26(15-7-2)24(28)10-8-9-23(27)25-18-20-11-12-21(22(17-20)29-5)30-16-13-19(3)4/h11-12,17,19H,6-10,13-16,18H2,1-5H3,(H,25,27). The van der Waals surface area contributed by atoms with Crippen molar-refractivity contribution in [1.82, 2.24) is 10.2 Å². The van der Waals surface area contributed by atoms with Crippen LogP contribution in [0.15, 0.2) is 18.2 Å². The van der Waals surface area contributed by atoms with Crippen molar-refractivity contribution < 1.29 is 19.1 Å². The molecule has 0 saturated heterocycles. The fourth-order valence-electron chi connectivity index (χ4n) is 3.09. The number of nitrogens with zero attached hydrogens (tertiary/aromatic N) is 1. The van der Waals surface area contributed by atoms with Gasteiger partial charge >= 0.3 is 0 Å². The lowest BCUT2D eigenvalue weighted by atomic mass is 10.1. The first-order valence-electron chi connectivity index (χ1n) is 11.2. The van der Waals surface area contributed by atoms with Crippen molar-refractivity contribution in [2.24, 2.45) is 5.92 Å². The van der Waals surface area contributed by atoms with Crippen molar-refractivity contribution in [3.05, 3.63) is 23.8 Å². The van der Waals surface area contributed by atoms with E-state index in [1.165, 1.54) is 0 Å². The smallest absolute Gasteiger partial charge is 0.222 e. The molecule has 2 amide bonds. The van der Waals surface area contributed by atoms with Crippen LogP contribution in [0.3, 0.4) is 0 Å². The molecule has 0 unspecified atom stereocenters. The third-order valence-electron chi connectivity index (χ3n) is 4.80. The average Bonchev–Trinajstić information content (AvgIpc) is 2.72. The molecule has 6 nitrogen and oxygen atoms in total. The number of benzene rings is 1. The largest absolute Gasteiger partial charge is 0.493 e. The van der Waals surface area contributed by atoms with Gasteiger partial charge in [0.05, 0.1) is 13.7 Å². The first-order valence-corrected chi connectivity index (χ1v) is 11.2. The molecule has 0 aliphatic rings. The van der Waals surface area contributed by atoms with E-state index in [-0.39, 0.29) is 11.8 Å². The average molecular weight is 421 g/mol. The summed E-state index contributed by atoms with van der Waals surface area (Å²) in [7, 11) is 1.62. The van der Waals surface area contributed by atoms with Crippen LogP contribution < -0.4 is 14.8 Å². The molecule has 0 aliphatic heterocycles. The first kappa shape index (κ1) is 25.8. The molecule has 0 atom stereocenters. The van der Waals surface area contributed by atoms with E-state index in [0.29, 0.717) is 44.1 Å². The number of nitrogens with one attached hydrogen (secondary N) is 1. The Hall–Kier alpha value is -2.24. The second-order valence-corrected chi connectivity index (χ2v) is 8.03. The monoisotopic (exact) mass is 420 g/mol. The summed E-state index contributed by atoms with van der Waals surface area (Å²) in [6, 6.07) is 5.71. The molecule has 1 aromatic rings. The summed E-state index contributed by atoms with van der Waals surface area (Å²) in [4.78, 5) is 26.3. The van der Waals surface area contributed by atoms with Crippen LogP contribution in [-0.2, 0) is 16.1 Å². The second-order valence-electron chi connectivity index (χ2n) is 8.03. The predicted octanol–water partition coefficient (Wildman–Crippen LogP) is 4.56. The van der Waals surface area contributed by atoms with Crippen molar-refractivity contribution in [3.8, 4) is 11.5 Å². The van der Waals surface area contributed by atoms with E-state index in [2.05, 4.69) is 33.0 Å². The van der Waals surface area contributed by atoms with Gasteiger partial charge in [-0.05, 0) is 49.3 Å². The van der Waals surface area contributed by atoms with Gasteiger partial charge in [-0.15, -0.1) is 0 Å². The molecular formula is C24H40N2O4. The van der Waals surface area contributed by atoms with Crippen molar-refractivity contribution in [2.75, 3.05) is 26.8 Å². The van der Waals surface area contributed by atoms with Gasteiger partial charge in [-0.3, -0.25) is 9.59 Å². The number of hydrogen-bond donors (Lipinski definition) is 1. The maximum absolute atomic E-state index is 12.3. The third-order valence-corrected chi connectivity index (χ3v) is 4.80. The molecule has 1 aromatic carbocycles. The zero-order chi connectivity index (χ0) is 22.4. The van der Waals surface area contributed by atoms with E-state index in [1.807, 2.05) is 23.1 Å². The van der Waals surface area contributed by atoms with E-state index < -0.39 is 0 Å². The fraction of sp³-hybridized carbons (Fsp3) is 0.667. The summed E-state index contributed by atoms with van der Waals surface area (Å²) in [6.07, 6.45) is 4.24. The van der Waals surface area contributed by atoms with Crippen LogP contribution in [0.2, 0.25) is 0 Å². The maximum atomic E-state index is 12.3. The highest BCUT2D eigenvalue weighted by atomic mass is 16.5. The molecule has 1 rings (SSSR count). The lowest BCUT2D eigenvalue weighted by Gasteiger charge is -2.21. The minimum absolute atomic E-state index is 0.0449. The van der Waals surface area contributed by atoms with Gasteiger partial charge in [-0.2, -0.15) is 0 Å². The van der Waals surface area contributed by atoms with E-state index in [0.717, 1.165) is 43.7 Å². The van der Waals surface area contributed by atoms with Crippen LogP contribution in [0, 0.1) is 5.92 Å². The number of carbonyl (C=O) groups excluding carboxylic acids is 2. The lowest BCUT2D eigenvalue weighted by Crippen LogP contribution is -2.32. The summed E-state index contributed by atoms with van der Waals surface area (Å²) >= 11 is 0. The Morgan fingerprint density at radius 3 is 2.37 bits per heavy atom. The quantitative estimate of drug-likeness (QED) is 0.452. The van der Waals surface area contributed by atoms with E-state index in [9.17, 15) is 9.59 Å². The van der Waals surface area contributed by atoms with Crippen LogP contribution in [0.5, 0.6) is 11.5 Å². The van der Waals surface area contributed by atoms with Gasteiger partial charge in [0.2, 0.25) is 11.8 Å². The van der Waals surface area contributed by atoms with E-state index in [4.69, 9.17) is 9.47 Å². The van der Waals surface area contributed by atoms with Crippen LogP contribution >= 0.6 is 0 Å². The number of ether oxygens (including phenoxy) is 2. The number of amides is 2. The second kappa shape index (κ2) is 14.7. The number of methoxy groups -OCH3 is 1. The summed E-state index contributed by atoms with van der Waals surface area (Å²) in [6.45, 7) is 11.1. The zero-order valence-electron chi connectivity index (χ0n) is 19.5. The molecule has 0 aliphatic carbocycles. The van der Waals surface area contributed by atoms with Gasteiger partial charge in [-0.1, -0.05) is 33.8 Å². The van der Waals surface area contributed by atoms with Gasteiger partial charge in [0.25, 0.3) is 0 Å². The Bertz CT molecular complexity index is 640. The van der Waals surface area contributed by atoms with E-state index in [1.54, 1.807) is 7.11 Å². The Kier molecular flexibility index (Phi) is 12.6. The van der Waals surface area contributed by atoms with Gasteiger partial charge in [0.15, 0.2) is 11.5 Å². The minimum Gasteiger partial charge on any atom is -0.493 e. The van der Waals surface area contributed by atoms with Crippen LogP contribution in [0.1, 0.15) is 71.8 Å². The molecule has 0 fully saturated rings. The summed E-state index contributed by atoms with van der Waals surface area (Å²) in [5.74, 6) is 2.07. The highest BCUT2D eigenvalue weighted by Crippen LogP contribution is 2.28. The van der Waals surface area contributed by atoms with Crippen LogP contribution in [0.4, 0.5) is 0 Å². The molecule has 170 valence electrons. The molecule has 0 saturated carbocycles. The normalized spacial score (nSPS) is 10.7. The Morgan fingerprint density at radius 1 is 1.07 bits per heavy atom. The Balaban J connectivity index is 2.42. The summed E-state index contributed by atoms with van der Waals surface area (Å²) < 4.78 is 11.2. The highest BCUT2D eigenvalue weighted by molar-refractivity contribution is 5.79. The first-order chi connectivity index (χ1) is 14.4. The molecule has 0 spiro atoms. The van der Waals surface area contributed by atoms with Gasteiger partial charge in [0.1, 0.15) is 0 Å². The molecule has 0 bridgehead atoms. The molecular weight excluding hydrogens is 380 g/mol. The van der Waals surface area contributed by atoms with E-state index >= 15 is 0 Å².